The number of aromatic nitrogens is 2. The lowest BCUT2D eigenvalue weighted by Gasteiger charge is -2.32. The number of halogens is 1. The van der Waals surface area contributed by atoms with E-state index in [1.54, 1.807) is 34.8 Å². The van der Waals surface area contributed by atoms with Crippen molar-refractivity contribution < 1.29 is 23.5 Å². The molecule has 0 aliphatic carbocycles. The van der Waals surface area contributed by atoms with Crippen LogP contribution in [0.5, 0.6) is 11.5 Å². The number of rotatable bonds is 9. The van der Waals surface area contributed by atoms with Gasteiger partial charge in [0, 0.05) is 74.4 Å². The lowest BCUT2D eigenvalue weighted by molar-refractivity contribution is 0.0595. The first-order valence-electron chi connectivity index (χ1n) is 14.1. The molecule has 1 aromatic heterocycles. The Labute approximate surface area is 246 Å². The summed E-state index contributed by atoms with van der Waals surface area (Å²) in [5, 5.41) is 9.88. The SMILES string of the molecule is CN(C)CCOc1ccc(C(=O)N2CCC(Oc3cc(F)cc(NC(=O)Nc4cc(C(C)(C)C)nn4C)c3)CC2)cc1. The Hall–Kier alpha value is -4.12. The summed E-state index contributed by atoms with van der Waals surface area (Å²) in [6.07, 6.45) is 1.03. The highest BCUT2D eigenvalue weighted by atomic mass is 19.1. The van der Waals surface area contributed by atoms with Crippen LogP contribution in [0.25, 0.3) is 0 Å². The first kappa shape index (κ1) is 30.8. The van der Waals surface area contributed by atoms with Crippen LogP contribution in [0.15, 0.2) is 48.5 Å². The van der Waals surface area contributed by atoms with E-state index in [-0.39, 0.29) is 23.1 Å². The van der Waals surface area contributed by atoms with Crippen LogP contribution in [0.3, 0.4) is 0 Å². The largest absolute Gasteiger partial charge is 0.492 e. The van der Waals surface area contributed by atoms with Gasteiger partial charge in [-0.1, -0.05) is 20.8 Å². The molecule has 2 aromatic carbocycles. The Morgan fingerprint density at radius 3 is 2.33 bits per heavy atom. The number of hydrogen-bond acceptors (Lipinski definition) is 6. The minimum Gasteiger partial charge on any atom is -0.492 e. The quantitative estimate of drug-likeness (QED) is 0.364. The van der Waals surface area contributed by atoms with Crippen LogP contribution in [0.4, 0.5) is 20.7 Å². The van der Waals surface area contributed by atoms with E-state index >= 15 is 0 Å². The zero-order chi connectivity index (χ0) is 30.4. The fourth-order valence-electron chi connectivity index (χ4n) is 4.52. The number of hydrogen-bond donors (Lipinski definition) is 2. The molecule has 3 aromatic rings. The van der Waals surface area contributed by atoms with E-state index in [0.29, 0.717) is 49.7 Å². The van der Waals surface area contributed by atoms with Crippen molar-refractivity contribution in [3.63, 3.8) is 0 Å². The summed E-state index contributed by atoms with van der Waals surface area (Å²) < 4.78 is 27.8. The second-order valence-electron chi connectivity index (χ2n) is 11.8. The van der Waals surface area contributed by atoms with Gasteiger partial charge in [-0.3, -0.25) is 14.8 Å². The highest BCUT2D eigenvalue weighted by Crippen LogP contribution is 2.26. The van der Waals surface area contributed by atoms with Gasteiger partial charge in [0.2, 0.25) is 0 Å². The van der Waals surface area contributed by atoms with Gasteiger partial charge in [-0.2, -0.15) is 5.10 Å². The lowest BCUT2D eigenvalue weighted by atomic mass is 9.92. The molecule has 4 rings (SSSR count). The molecule has 0 unspecified atom stereocenters. The van der Waals surface area contributed by atoms with Crippen LogP contribution in [0, 0.1) is 5.82 Å². The van der Waals surface area contributed by atoms with Crippen molar-refractivity contribution in [2.75, 3.05) is 51.0 Å². The minimum atomic E-state index is -0.528. The fourth-order valence-corrected chi connectivity index (χ4v) is 4.52. The van der Waals surface area contributed by atoms with Crippen LogP contribution < -0.4 is 20.1 Å². The van der Waals surface area contributed by atoms with Crippen molar-refractivity contribution in [1.29, 1.82) is 0 Å². The third-order valence-electron chi connectivity index (χ3n) is 6.96. The van der Waals surface area contributed by atoms with Crippen LogP contribution in [0.1, 0.15) is 49.7 Å². The van der Waals surface area contributed by atoms with Crippen LogP contribution in [0.2, 0.25) is 0 Å². The van der Waals surface area contributed by atoms with Crippen LogP contribution in [-0.2, 0) is 12.5 Å². The topological polar surface area (TPSA) is 101 Å². The number of urea groups is 1. The molecular formula is C31H41FN6O4. The van der Waals surface area contributed by atoms with Gasteiger partial charge < -0.3 is 24.6 Å². The van der Waals surface area contributed by atoms with E-state index in [9.17, 15) is 14.0 Å². The predicted molar refractivity (Wildman–Crippen MR) is 161 cm³/mol. The Kier molecular flexibility index (Phi) is 9.72. The van der Waals surface area contributed by atoms with Crippen molar-refractivity contribution in [1.82, 2.24) is 19.6 Å². The number of amides is 3. The summed E-state index contributed by atoms with van der Waals surface area (Å²) in [5.74, 6) is 1.000. The van der Waals surface area contributed by atoms with Gasteiger partial charge in [-0.25, -0.2) is 9.18 Å². The lowest BCUT2D eigenvalue weighted by Crippen LogP contribution is -2.41. The molecule has 10 nitrogen and oxygen atoms in total. The molecule has 1 saturated heterocycles. The standard InChI is InChI=1S/C31H41FN6O4/c1-31(2,3)27-20-28(37(6)35-27)34-30(40)33-23-17-22(32)18-26(19-23)42-25-11-13-38(14-12-25)29(39)21-7-9-24(10-8-21)41-16-15-36(4)5/h7-10,17-20,25H,11-16H2,1-6H3,(H2,33,34,40). The molecule has 42 heavy (non-hydrogen) atoms. The maximum Gasteiger partial charge on any atom is 0.324 e. The van der Waals surface area contributed by atoms with Crippen LogP contribution >= 0.6 is 0 Å². The van der Waals surface area contributed by atoms with Gasteiger partial charge >= 0.3 is 6.03 Å². The number of ether oxygens (including phenoxy) is 2. The zero-order valence-corrected chi connectivity index (χ0v) is 25.2. The number of aryl methyl sites for hydroxylation is 1. The third kappa shape index (κ3) is 8.45. The highest BCUT2D eigenvalue weighted by molar-refractivity contribution is 5.99. The van der Waals surface area contributed by atoms with E-state index in [0.717, 1.165) is 18.0 Å². The van der Waals surface area contributed by atoms with Gasteiger partial charge in [0.25, 0.3) is 5.91 Å². The molecule has 0 bridgehead atoms. The number of carbonyl (C=O) groups is 2. The number of piperidine rings is 1. The number of likely N-dealkylation sites (N-methyl/N-ethyl adjacent to an activating group) is 1. The van der Waals surface area contributed by atoms with Crippen molar-refractivity contribution in [3.05, 3.63) is 65.6 Å². The summed E-state index contributed by atoms with van der Waals surface area (Å²) in [6, 6.07) is 12.6. The number of anilines is 2. The van der Waals surface area contributed by atoms with Crippen molar-refractivity contribution in [2.45, 2.75) is 45.1 Å². The Bertz CT molecular complexity index is 1380. The first-order chi connectivity index (χ1) is 19.9. The molecule has 0 spiro atoms. The molecule has 0 atom stereocenters. The van der Waals surface area contributed by atoms with E-state index in [4.69, 9.17) is 9.47 Å². The molecular weight excluding hydrogens is 539 g/mol. The average Bonchev–Trinajstić information content (AvgIpc) is 3.29. The summed E-state index contributed by atoms with van der Waals surface area (Å²) in [4.78, 5) is 29.5. The molecule has 0 saturated carbocycles. The highest BCUT2D eigenvalue weighted by Gasteiger charge is 2.25. The summed E-state index contributed by atoms with van der Waals surface area (Å²) >= 11 is 0. The van der Waals surface area contributed by atoms with E-state index < -0.39 is 11.8 Å². The molecule has 0 radical (unpaired) electrons. The van der Waals surface area contributed by atoms with Gasteiger partial charge in [0.05, 0.1) is 5.69 Å². The molecule has 2 heterocycles. The van der Waals surface area contributed by atoms with Gasteiger partial charge in [0.15, 0.2) is 0 Å². The molecule has 1 fully saturated rings. The van der Waals surface area contributed by atoms with Crippen molar-refractivity contribution in [2.24, 2.45) is 7.05 Å². The maximum absolute atomic E-state index is 14.4. The van der Waals surface area contributed by atoms with Gasteiger partial charge in [0.1, 0.15) is 35.8 Å². The Balaban J connectivity index is 1.28. The van der Waals surface area contributed by atoms with Gasteiger partial charge in [-0.05, 0) is 44.4 Å². The van der Waals surface area contributed by atoms with Crippen molar-refractivity contribution in [3.8, 4) is 11.5 Å². The predicted octanol–water partition coefficient (Wildman–Crippen LogP) is 5.12. The summed E-state index contributed by atoms with van der Waals surface area (Å²) in [6.45, 7) is 8.55. The normalized spacial score (nSPS) is 14.1. The smallest absolute Gasteiger partial charge is 0.324 e. The molecule has 226 valence electrons. The number of nitrogens with one attached hydrogen (secondary N) is 2. The van der Waals surface area contributed by atoms with E-state index in [1.807, 2.05) is 58.0 Å². The molecule has 2 N–H and O–H groups in total. The van der Waals surface area contributed by atoms with Crippen molar-refractivity contribution >= 4 is 23.4 Å². The molecule has 11 heteroatoms. The maximum atomic E-state index is 14.4. The van der Waals surface area contributed by atoms with E-state index in [2.05, 4.69) is 15.7 Å². The number of carbonyl (C=O) groups excluding carboxylic acids is 2. The summed E-state index contributed by atoms with van der Waals surface area (Å²) in [7, 11) is 5.72. The third-order valence-corrected chi connectivity index (χ3v) is 6.96. The summed E-state index contributed by atoms with van der Waals surface area (Å²) in [5.41, 5.74) is 1.55. The van der Waals surface area contributed by atoms with E-state index in [1.165, 1.54) is 12.1 Å². The van der Waals surface area contributed by atoms with Crippen LogP contribution in [-0.4, -0.2) is 78.0 Å². The molecule has 3 amide bonds. The Morgan fingerprint density at radius 1 is 1.02 bits per heavy atom. The zero-order valence-electron chi connectivity index (χ0n) is 25.2. The fraction of sp³-hybridized carbons (Fsp3) is 0.452. The first-order valence-corrected chi connectivity index (χ1v) is 14.1. The number of likely N-dealkylation sites (tertiary alicyclic amines) is 1. The molecule has 1 aliphatic rings. The van der Waals surface area contributed by atoms with Gasteiger partial charge in [-0.15, -0.1) is 0 Å². The average molecular weight is 581 g/mol. The minimum absolute atomic E-state index is 0.0420. The number of benzene rings is 2. The second kappa shape index (κ2) is 13.2. The number of nitrogens with zero attached hydrogens (tertiary/aromatic N) is 4. The monoisotopic (exact) mass is 580 g/mol. The molecule has 1 aliphatic heterocycles. The second-order valence-corrected chi connectivity index (χ2v) is 11.8. The Morgan fingerprint density at radius 2 is 1.71 bits per heavy atom.